The molecule has 0 aliphatic carbocycles. The minimum Gasteiger partial charge on any atom is -0.356 e. The molecule has 1 atom stereocenters. The van der Waals surface area contributed by atoms with Gasteiger partial charge in [0, 0.05) is 56.8 Å². The van der Waals surface area contributed by atoms with Crippen molar-refractivity contribution in [2.24, 2.45) is 4.99 Å². The van der Waals surface area contributed by atoms with Gasteiger partial charge in [0.05, 0.1) is 6.54 Å². The SMILES string of the molecule is CN=C(NCc1ccc(C(=O)N2CCNC(=O)C2)cc1)NCC1CC(=O)Nc2ccccc21. The van der Waals surface area contributed by atoms with Crippen LogP contribution in [0.25, 0.3) is 0 Å². The molecule has 2 aromatic carbocycles. The van der Waals surface area contributed by atoms with E-state index in [-0.39, 0.29) is 30.2 Å². The third-order valence-corrected chi connectivity index (χ3v) is 5.83. The molecule has 0 radical (unpaired) electrons. The van der Waals surface area contributed by atoms with Gasteiger partial charge in [0.1, 0.15) is 0 Å². The highest BCUT2D eigenvalue weighted by molar-refractivity contribution is 5.97. The summed E-state index contributed by atoms with van der Waals surface area (Å²) in [5.74, 6) is 0.446. The topological polar surface area (TPSA) is 115 Å². The van der Waals surface area contributed by atoms with Gasteiger partial charge in [-0.3, -0.25) is 19.4 Å². The maximum atomic E-state index is 12.6. The van der Waals surface area contributed by atoms with E-state index in [0.717, 1.165) is 16.8 Å². The highest BCUT2D eigenvalue weighted by atomic mass is 16.2. The first kappa shape index (κ1) is 22.3. The summed E-state index contributed by atoms with van der Waals surface area (Å²) in [6.07, 6.45) is 0.426. The molecule has 2 aromatic rings. The smallest absolute Gasteiger partial charge is 0.254 e. The third kappa shape index (κ3) is 5.49. The van der Waals surface area contributed by atoms with Gasteiger partial charge >= 0.3 is 0 Å². The monoisotopic (exact) mass is 448 g/mol. The van der Waals surface area contributed by atoms with E-state index in [1.807, 2.05) is 36.4 Å². The number of piperazine rings is 1. The van der Waals surface area contributed by atoms with Gasteiger partial charge in [0.25, 0.3) is 5.91 Å². The number of nitrogens with one attached hydrogen (secondary N) is 4. The first-order valence-corrected chi connectivity index (χ1v) is 11.0. The first-order valence-electron chi connectivity index (χ1n) is 11.0. The highest BCUT2D eigenvalue weighted by Crippen LogP contribution is 2.31. The van der Waals surface area contributed by atoms with Crippen molar-refractivity contribution >= 4 is 29.4 Å². The van der Waals surface area contributed by atoms with Crippen LogP contribution in [0.1, 0.15) is 33.8 Å². The average Bonchev–Trinajstić information content (AvgIpc) is 2.84. The molecule has 4 rings (SSSR count). The van der Waals surface area contributed by atoms with E-state index in [4.69, 9.17) is 0 Å². The molecule has 172 valence electrons. The van der Waals surface area contributed by atoms with Crippen molar-refractivity contribution in [2.75, 3.05) is 38.5 Å². The summed E-state index contributed by atoms with van der Waals surface area (Å²) in [5.41, 5.74) is 3.54. The predicted molar refractivity (Wildman–Crippen MR) is 126 cm³/mol. The van der Waals surface area contributed by atoms with Gasteiger partial charge in [-0.25, -0.2) is 0 Å². The standard InChI is InChI=1S/C24H28N6O3/c1-25-24(28-14-18-12-21(31)29-20-5-3-2-4-19(18)20)27-13-16-6-8-17(9-7-16)23(33)30-11-10-26-22(32)15-30/h2-9,18H,10-15H2,1H3,(H,26,32)(H,29,31)(H2,25,27,28). The van der Waals surface area contributed by atoms with Gasteiger partial charge in [-0.15, -0.1) is 0 Å². The molecule has 0 spiro atoms. The first-order chi connectivity index (χ1) is 16.0. The number of rotatable bonds is 5. The number of aliphatic imine (C=N–C) groups is 1. The van der Waals surface area contributed by atoms with Crippen LogP contribution in [0.3, 0.4) is 0 Å². The van der Waals surface area contributed by atoms with Crippen molar-refractivity contribution in [3.05, 3.63) is 65.2 Å². The Kier molecular flexibility index (Phi) is 6.87. The Morgan fingerprint density at radius 2 is 1.88 bits per heavy atom. The minimum absolute atomic E-state index is 0.0169. The van der Waals surface area contributed by atoms with Gasteiger partial charge in [-0.1, -0.05) is 30.3 Å². The lowest BCUT2D eigenvalue weighted by atomic mass is 9.90. The number of carbonyl (C=O) groups is 3. The molecule has 1 fully saturated rings. The maximum Gasteiger partial charge on any atom is 0.254 e. The third-order valence-electron chi connectivity index (χ3n) is 5.83. The van der Waals surface area contributed by atoms with Crippen LogP contribution in [-0.2, 0) is 16.1 Å². The number of para-hydroxylation sites is 1. The summed E-state index contributed by atoms with van der Waals surface area (Å²) in [4.78, 5) is 42.0. The lowest BCUT2D eigenvalue weighted by Gasteiger charge is -2.26. The molecule has 0 aromatic heterocycles. The Balaban J connectivity index is 1.30. The number of carbonyl (C=O) groups excluding carboxylic acids is 3. The van der Waals surface area contributed by atoms with Crippen LogP contribution >= 0.6 is 0 Å². The molecule has 4 N–H and O–H groups in total. The number of nitrogens with zero attached hydrogens (tertiary/aromatic N) is 2. The molecule has 2 aliphatic rings. The van der Waals surface area contributed by atoms with E-state index in [1.165, 1.54) is 0 Å². The summed E-state index contributed by atoms with van der Waals surface area (Å²) >= 11 is 0. The van der Waals surface area contributed by atoms with Crippen LogP contribution in [0.5, 0.6) is 0 Å². The normalized spacial score (nSPS) is 18.2. The van der Waals surface area contributed by atoms with Gasteiger partial charge in [-0.2, -0.15) is 0 Å². The van der Waals surface area contributed by atoms with Crippen molar-refractivity contribution in [3.8, 4) is 0 Å². The molecular weight excluding hydrogens is 420 g/mol. The number of anilines is 1. The number of benzene rings is 2. The number of fused-ring (bicyclic) bond motifs is 1. The molecule has 2 heterocycles. The summed E-state index contributed by atoms with van der Waals surface area (Å²) in [6, 6.07) is 15.2. The van der Waals surface area contributed by atoms with Crippen molar-refractivity contribution in [1.82, 2.24) is 20.9 Å². The highest BCUT2D eigenvalue weighted by Gasteiger charge is 2.25. The molecule has 2 aliphatic heterocycles. The lowest BCUT2D eigenvalue weighted by Crippen LogP contribution is -2.49. The molecule has 1 unspecified atom stereocenters. The molecular formula is C24H28N6O3. The molecule has 33 heavy (non-hydrogen) atoms. The molecule has 9 heteroatoms. The van der Waals surface area contributed by atoms with E-state index < -0.39 is 0 Å². The summed E-state index contributed by atoms with van der Waals surface area (Å²) in [6.45, 7) is 2.21. The molecule has 0 bridgehead atoms. The van der Waals surface area contributed by atoms with Gasteiger partial charge in [0.2, 0.25) is 11.8 Å². The van der Waals surface area contributed by atoms with Crippen LogP contribution < -0.4 is 21.3 Å². The Labute approximate surface area is 192 Å². The second-order valence-electron chi connectivity index (χ2n) is 8.12. The summed E-state index contributed by atoms with van der Waals surface area (Å²) < 4.78 is 0. The molecule has 0 saturated carbocycles. The van der Waals surface area contributed by atoms with E-state index in [1.54, 1.807) is 24.1 Å². The number of hydrogen-bond acceptors (Lipinski definition) is 4. The van der Waals surface area contributed by atoms with Crippen molar-refractivity contribution in [2.45, 2.75) is 18.9 Å². The van der Waals surface area contributed by atoms with Gasteiger partial charge in [-0.05, 0) is 29.3 Å². The predicted octanol–water partition coefficient (Wildman–Crippen LogP) is 1.05. The Morgan fingerprint density at radius 3 is 2.64 bits per heavy atom. The quantitative estimate of drug-likeness (QED) is 0.403. The van der Waals surface area contributed by atoms with Crippen LogP contribution in [0, 0.1) is 0 Å². The molecule has 9 nitrogen and oxygen atoms in total. The molecule has 1 saturated heterocycles. The Morgan fingerprint density at radius 1 is 1.09 bits per heavy atom. The zero-order valence-electron chi connectivity index (χ0n) is 18.6. The van der Waals surface area contributed by atoms with Crippen molar-refractivity contribution in [1.29, 1.82) is 0 Å². The second-order valence-corrected chi connectivity index (χ2v) is 8.12. The number of hydrogen-bond donors (Lipinski definition) is 4. The van der Waals surface area contributed by atoms with E-state index >= 15 is 0 Å². The maximum absolute atomic E-state index is 12.6. The van der Waals surface area contributed by atoms with Gasteiger partial charge in [0.15, 0.2) is 5.96 Å². The van der Waals surface area contributed by atoms with Crippen LogP contribution in [-0.4, -0.2) is 61.8 Å². The Bertz CT molecular complexity index is 1070. The van der Waals surface area contributed by atoms with Crippen LogP contribution in [0.4, 0.5) is 5.69 Å². The fourth-order valence-electron chi connectivity index (χ4n) is 4.07. The van der Waals surface area contributed by atoms with Gasteiger partial charge < -0.3 is 26.2 Å². The number of guanidine groups is 1. The summed E-state index contributed by atoms with van der Waals surface area (Å²) in [7, 11) is 1.70. The Hall–Kier alpha value is -3.88. The van der Waals surface area contributed by atoms with Crippen LogP contribution in [0.15, 0.2) is 53.5 Å². The van der Waals surface area contributed by atoms with E-state index in [9.17, 15) is 14.4 Å². The average molecular weight is 449 g/mol. The second kappa shape index (κ2) is 10.2. The van der Waals surface area contributed by atoms with E-state index in [0.29, 0.717) is 44.1 Å². The van der Waals surface area contributed by atoms with Crippen molar-refractivity contribution in [3.63, 3.8) is 0 Å². The lowest BCUT2D eigenvalue weighted by molar-refractivity contribution is -0.123. The number of amides is 3. The zero-order valence-corrected chi connectivity index (χ0v) is 18.6. The van der Waals surface area contributed by atoms with Crippen molar-refractivity contribution < 1.29 is 14.4 Å². The largest absolute Gasteiger partial charge is 0.356 e. The fourth-order valence-corrected chi connectivity index (χ4v) is 4.07. The fraction of sp³-hybridized carbons (Fsp3) is 0.333. The summed E-state index contributed by atoms with van der Waals surface area (Å²) in [5, 5.41) is 12.2. The zero-order chi connectivity index (χ0) is 23.2. The van der Waals surface area contributed by atoms with Crippen LogP contribution in [0.2, 0.25) is 0 Å². The minimum atomic E-state index is -0.140. The van der Waals surface area contributed by atoms with E-state index in [2.05, 4.69) is 26.3 Å². The molecule has 3 amide bonds.